The van der Waals surface area contributed by atoms with Crippen LogP contribution in [0.1, 0.15) is 98.2 Å². The summed E-state index contributed by atoms with van der Waals surface area (Å²) in [5.41, 5.74) is 7.96. The molecule has 0 aliphatic heterocycles. The number of hydrogen-bond donors (Lipinski definition) is 7. The van der Waals surface area contributed by atoms with Crippen LogP contribution in [-0.4, -0.2) is 69.6 Å². The summed E-state index contributed by atoms with van der Waals surface area (Å²) in [6.07, 6.45) is 8.18. The van der Waals surface area contributed by atoms with E-state index in [-0.39, 0.29) is 53.4 Å². The molecule has 6 rings (SSSR count). The van der Waals surface area contributed by atoms with Crippen molar-refractivity contribution >= 4 is 40.1 Å². The molecular formula is C41H54N4O5S2. The number of nitrogens with one attached hydrogen (secondary N) is 2. The van der Waals surface area contributed by atoms with E-state index >= 15 is 0 Å². The molecule has 1 aromatic carbocycles. The third kappa shape index (κ3) is 9.20. The van der Waals surface area contributed by atoms with E-state index in [9.17, 15) is 25.2 Å². The smallest absolute Gasteiger partial charge is 0.189 e. The van der Waals surface area contributed by atoms with Gasteiger partial charge < -0.3 is 36.8 Å². The van der Waals surface area contributed by atoms with Crippen molar-refractivity contribution in [2.45, 2.75) is 109 Å². The van der Waals surface area contributed by atoms with Crippen molar-refractivity contribution in [1.29, 1.82) is 0 Å². The SMILES string of the molecule is CC#Cc1ccc(-c2ccc(C(=O)C3CCC(C(Cc4cc(O)cc(NCC(C)O)c4)NC(N)=NC4CCCC4)CC34CCC(C(O)CO)C4)s2)s1. The number of benzene rings is 1. The summed E-state index contributed by atoms with van der Waals surface area (Å²) in [6, 6.07) is 13.7. The van der Waals surface area contributed by atoms with Gasteiger partial charge in [-0.1, -0.05) is 18.8 Å². The molecule has 1 spiro atoms. The Morgan fingerprint density at radius 3 is 2.52 bits per heavy atom. The van der Waals surface area contributed by atoms with Crippen LogP contribution in [-0.2, 0) is 6.42 Å². The monoisotopic (exact) mass is 746 g/mol. The van der Waals surface area contributed by atoms with Crippen molar-refractivity contribution in [3.8, 4) is 27.3 Å². The van der Waals surface area contributed by atoms with Crippen LogP contribution in [0.5, 0.6) is 5.75 Å². The van der Waals surface area contributed by atoms with Crippen LogP contribution in [0.4, 0.5) is 5.69 Å². The van der Waals surface area contributed by atoms with Gasteiger partial charge in [-0.25, -0.2) is 0 Å². The second kappa shape index (κ2) is 17.2. The number of phenolic OH excluding ortho intramolecular Hbond substituents is 1. The predicted octanol–water partition coefficient (Wildman–Crippen LogP) is 6.54. The number of carbonyl (C=O) groups is 1. The van der Waals surface area contributed by atoms with Gasteiger partial charge in [-0.15, -0.1) is 28.6 Å². The molecule has 3 aromatic rings. The number of aliphatic imine (C=N–C) groups is 1. The number of phenols is 1. The summed E-state index contributed by atoms with van der Waals surface area (Å²) >= 11 is 3.18. The number of aliphatic hydroxyl groups is 3. The fourth-order valence-electron chi connectivity index (χ4n) is 9.03. The van der Waals surface area contributed by atoms with Crippen LogP contribution in [0.3, 0.4) is 0 Å². The number of nitrogens with two attached hydrogens (primary N) is 1. The number of carbonyl (C=O) groups excluding carboxylic acids is 1. The highest BCUT2D eigenvalue weighted by atomic mass is 32.1. The highest BCUT2D eigenvalue weighted by Crippen LogP contribution is 2.58. The predicted molar refractivity (Wildman–Crippen MR) is 211 cm³/mol. The number of rotatable bonds is 13. The standard InChI is InChI=1S/C41H54N4O5S2/c1-3-6-32-10-12-36(51-32)37-13-14-38(52-37)39(50)33-11-9-27(21-41(33)16-15-28(22-41)35(49)24-46)34(45-40(42)44-29-7-4-5-8-29)19-26-17-30(20-31(48)18-26)43-23-25(2)47/h10,12-14,17-18,20,25,27-29,33-35,43,46-49H,4-5,7-9,11,15-16,19,21-24H2,1-2H3,(H3,42,44,45). The molecule has 3 aliphatic rings. The summed E-state index contributed by atoms with van der Waals surface area (Å²) in [5, 5.41) is 48.1. The maximum Gasteiger partial charge on any atom is 0.189 e. The van der Waals surface area contributed by atoms with Crippen molar-refractivity contribution in [3.63, 3.8) is 0 Å². The number of hydrogen-bond acceptors (Lipinski definition) is 9. The Morgan fingerprint density at radius 1 is 1.02 bits per heavy atom. The first-order valence-electron chi connectivity index (χ1n) is 18.9. The van der Waals surface area contributed by atoms with Gasteiger partial charge in [0.15, 0.2) is 11.7 Å². The van der Waals surface area contributed by atoms with E-state index < -0.39 is 12.2 Å². The number of Topliss-reactive ketones (excluding diaryl/α,β-unsaturated/α-hetero) is 1. The zero-order valence-corrected chi connectivity index (χ0v) is 31.9. The summed E-state index contributed by atoms with van der Waals surface area (Å²) < 4.78 is 0. The van der Waals surface area contributed by atoms with Gasteiger partial charge in [0.05, 0.1) is 34.6 Å². The molecule has 0 saturated heterocycles. The minimum Gasteiger partial charge on any atom is -0.508 e. The summed E-state index contributed by atoms with van der Waals surface area (Å²) in [7, 11) is 0. The Bertz CT molecular complexity index is 1770. The lowest BCUT2D eigenvalue weighted by Crippen LogP contribution is -2.50. The van der Waals surface area contributed by atoms with Gasteiger partial charge in [-0.05, 0) is 131 Å². The molecule has 9 nitrogen and oxygen atoms in total. The summed E-state index contributed by atoms with van der Waals surface area (Å²) in [4.78, 5) is 23.4. The molecule has 52 heavy (non-hydrogen) atoms. The van der Waals surface area contributed by atoms with Crippen LogP contribution in [0, 0.1) is 35.0 Å². The van der Waals surface area contributed by atoms with E-state index in [1.54, 1.807) is 41.7 Å². The molecule has 7 unspecified atom stereocenters. The molecule has 2 aromatic heterocycles. The van der Waals surface area contributed by atoms with E-state index in [4.69, 9.17) is 10.7 Å². The minimum absolute atomic E-state index is 0.0730. The second-order valence-electron chi connectivity index (χ2n) is 15.3. The van der Waals surface area contributed by atoms with Crippen LogP contribution < -0.4 is 16.4 Å². The topological polar surface area (TPSA) is 160 Å². The first kappa shape index (κ1) is 38.3. The number of anilines is 1. The average molecular weight is 747 g/mol. The Kier molecular flexibility index (Phi) is 12.7. The van der Waals surface area contributed by atoms with Crippen molar-refractivity contribution in [2.24, 2.45) is 33.9 Å². The zero-order chi connectivity index (χ0) is 36.8. The van der Waals surface area contributed by atoms with Crippen molar-refractivity contribution < 1.29 is 25.2 Å². The molecule has 3 aliphatic carbocycles. The summed E-state index contributed by atoms with van der Waals surface area (Å²) in [6.45, 7) is 3.62. The van der Waals surface area contributed by atoms with Gasteiger partial charge in [0.25, 0.3) is 0 Å². The number of ketones is 1. The Balaban J connectivity index is 1.28. The number of guanidine groups is 1. The lowest BCUT2D eigenvalue weighted by Gasteiger charge is -2.47. The molecule has 7 atom stereocenters. The first-order chi connectivity index (χ1) is 25.1. The van der Waals surface area contributed by atoms with E-state index in [1.165, 1.54) is 0 Å². The lowest BCUT2D eigenvalue weighted by molar-refractivity contribution is 0.0187. The van der Waals surface area contributed by atoms with Crippen LogP contribution in [0.15, 0.2) is 47.5 Å². The number of thiophene rings is 2. The third-order valence-corrected chi connectivity index (χ3v) is 13.8. The quantitative estimate of drug-likeness (QED) is 0.0449. The largest absolute Gasteiger partial charge is 0.508 e. The van der Waals surface area contributed by atoms with Crippen molar-refractivity contribution in [1.82, 2.24) is 5.32 Å². The maximum absolute atomic E-state index is 14.6. The molecular weight excluding hydrogens is 693 g/mol. The van der Waals surface area contributed by atoms with Gasteiger partial charge in [0.2, 0.25) is 0 Å². The first-order valence-corrected chi connectivity index (χ1v) is 20.5. The van der Waals surface area contributed by atoms with Crippen molar-refractivity contribution in [2.75, 3.05) is 18.5 Å². The van der Waals surface area contributed by atoms with Gasteiger partial charge >= 0.3 is 0 Å². The maximum atomic E-state index is 14.6. The summed E-state index contributed by atoms with van der Waals surface area (Å²) in [5.74, 6) is 6.71. The van der Waals surface area contributed by atoms with Gasteiger partial charge in [-0.2, -0.15) is 0 Å². The zero-order valence-electron chi connectivity index (χ0n) is 30.3. The van der Waals surface area contributed by atoms with Gasteiger partial charge in [0.1, 0.15) is 5.75 Å². The minimum atomic E-state index is -0.814. The highest BCUT2D eigenvalue weighted by Gasteiger charge is 2.53. The highest BCUT2D eigenvalue weighted by molar-refractivity contribution is 7.23. The van der Waals surface area contributed by atoms with E-state index in [1.807, 2.05) is 31.2 Å². The molecule has 0 bridgehead atoms. The molecule has 2 heterocycles. The Hall–Kier alpha value is -3.40. The molecule has 0 amide bonds. The second-order valence-corrected chi connectivity index (χ2v) is 17.5. The van der Waals surface area contributed by atoms with Crippen molar-refractivity contribution in [3.05, 3.63) is 57.8 Å². The number of aromatic hydroxyl groups is 1. The molecule has 11 heteroatoms. The van der Waals surface area contributed by atoms with Gasteiger partial charge in [-0.3, -0.25) is 9.79 Å². The fraction of sp³-hybridized carbons (Fsp3) is 0.561. The average Bonchev–Trinajstić information content (AvgIpc) is 3.95. The lowest BCUT2D eigenvalue weighted by atomic mass is 9.58. The van der Waals surface area contributed by atoms with Crippen LogP contribution in [0.2, 0.25) is 0 Å². The normalized spacial score (nSPS) is 25.4. The van der Waals surface area contributed by atoms with E-state index in [0.717, 1.165) is 82.1 Å². The molecule has 8 N–H and O–H groups in total. The molecule has 0 radical (unpaired) electrons. The number of nitrogens with zero attached hydrogens (tertiary/aromatic N) is 1. The van der Waals surface area contributed by atoms with E-state index in [2.05, 4.69) is 28.5 Å². The van der Waals surface area contributed by atoms with Gasteiger partial charge in [0, 0.05) is 40.0 Å². The van der Waals surface area contributed by atoms with Crippen LogP contribution >= 0.6 is 22.7 Å². The molecule has 3 fully saturated rings. The molecule has 3 saturated carbocycles. The Labute approximate surface area is 315 Å². The van der Waals surface area contributed by atoms with Crippen LogP contribution in [0.25, 0.3) is 9.75 Å². The number of aliphatic hydroxyl groups excluding tert-OH is 3. The van der Waals surface area contributed by atoms with E-state index in [0.29, 0.717) is 31.8 Å². The molecule has 280 valence electrons. The Morgan fingerprint density at radius 2 is 1.77 bits per heavy atom. The third-order valence-electron chi connectivity index (χ3n) is 11.5. The fourth-order valence-corrected chi connectivity index (χ4v) is 11.0.